The standard InChI is InChI=1S/C12H22O2S/c1-10(2)5-4-6-11(3)7-8-14-12(13)9-15/h5,11,15H,4,6-9H2,1-3H3. The molecule has 0 aliphatic heterocycles. The molecule has 0 aliphatic rings. The van der Waals surface area contributed by atoms with Gasteiger partial charge < -0.3 is 4.74 Å². The lowest BCUT2D eigenvalue weighted by Gasteiger charge is -2.09. The highest BCUT2D eigenvalue weighted by atomic mass is 32.1. The van der Waals surface area contributed by atoms with Crippen molar-refractivity contribution in [3.8, 4) is 0 Å². The van der Waals surface area contributed by atoms with Crippen LogP contribution >= 0.6 is 12.6 Å². The summed E-state index contributed by atoms with van der Waals surface area (Å²) >= 11 is 3.84. The van der Waals surface area contributed by atoms with Gasteiger partial charge in [0.05, 0.1) is 12.4 Å². The second-order valence-corrected chi connectivity index (χ2v) is 4.45. The van der Waals surface area contributed by atoms with Crippen molar-refractivity contribution in [2.45, 2.75) is 40.0 Å². The average Bonchev–Trinajstić information content (AvgIpc) is 2.17. The maximum Gasteiger partial charge on any atom is 0.315 e. The largest absolute Gasteiger partial charge is 0.465 e. The third-order valence-electron chi connectivity index (χ3n) is 2.21. The van der Waals surface area contributed by atoms with Crippen molar-refractivity contribution in [1.82, 2.24) is 0 Å². The number of rotatable bonds is 7. The van der Waals surface area contributed by atoms with Crippen LogP contribution in [0.1, 0.15) is 40.0 Å². The molecule has 0 bridgehead atoms. The van der Waals surface area contributed by atoms with Gasteiger partial charge in [-0.2, -0.15) is 12.6 Å². The van der Waals surface area contributed by atoms with Crippen molar-refractivity contribution >= 4 is 18.6 Å². The molecule has 3 heteroatoms. The Hall–Kier alpha value is -0.440. The molecule has 0 aliphatic carbocycles. The van der Waals surface area contributed by atoms with Gasteiger partial charge in [0.1, 0.15) is 0 Å². The normalized spacial score (nSPS) is 12.0. The first-order valence-corrected chi connectivity index (χ1v) is 6.09. The predicted molar refractivity (Wildman–Crippen MR) is 67.3 cm³/mol. The lowest BCUT2D eigenvalue weighted by Crippen LogP contribution is -2.09. The van der Waals surface area contributed by atoms with Gasteiger partial charge in [0.15, 0.2) is 0 Å². The van der Waals surface area contributed by atoms with Crippen molar-refractivity contribution in [3.05, 3.63) is 11.6 Å². The third kappa shape index (κ3) is 9.85. The van der Waals surface area contributed by atoms with Gasteiger partial charge in [0.25, 0.3) is 0 Å². The Morgan fingerprint density at radius 2 is 2.07 bits per heavy atom. The van der Waals surface area contributed by atoms with E-state index in [-0.39, 0.29) is 11.7 Å². The van der Waals surface area contributed by atoms with Gasteiger partial charge in [-0.05, 0) is 39.0 Å². The number of carbonyl (C=O) groups excluding carboxylic acids is 1. The van der Waals surface area contributed by atoms with Crippen molar-refractivity contribution < 1.29 is 9.53 Å². The summed E-state index contributed by atoms with van der Waals surface area (Å²) in [4.78, 5) is 10.8. The van der Waals surface area contributed by atoms with Gasteiger partial charge in [0, 0.05) is 0 Å². The van der Waals surface area contributed by atoms with Crippen LogP contribution in [-0.4, -0.2) is 18.3 Å². The molecule has 0 N–H and O–H groups in total. The molecule has 0 fully saturated rings. The second kappa shape index (κ2) is 8.84. The summed E-state index contributed by atoms with van der Waals surface area (Å²) in [6.45, 7) is 6.93. The van der Waals surface area contributed by atoms with Gasteiger partial charge >= 0.3 is 5.97 Å². The summed E-state index contributed by atoms with van der Waals surface area (Å²) in [6.07, 6.45) is 5.46. The summed E-state index contributed by atoms with van der Waals surface area (Å²) in [5.41, 5.74) is 1.36. The molecule has 1 unspecified atom stereocenters. The zero-order valence-electron chi connectivity index (χ0n) is 9.95. The quantitative estimate of drug-likeness (QED) is 0.413. The van der Waals surface area contributed by atoms with E-state index >= 15 is 0 Å². The highest BCUT2D eigenvalue weighted by Crippen LogP contribution is 2.11. The Morgan fingerprint density at radius 1 is 1.40 bits per heavy atom. The van der Waals surface area contributed by atoms with E-state index in [9.17, 15) is 4.79 Å². The van der Waals surface area contributed by atoms with Gasteiger partial charge in [0.2, 0.25) is 0 Å². The van der Waals surface area contributed by atoms with Crippen LogP contribution in [0.25, 0.3) is 0 Å². The highest BCUT2D eigenvalue weighted by molar-refractivity contribution is 7.81. The number of thiol groups is 1. The zero-order valence-corrected chi connectivity index (χ0v) is 10.8. The minimum atomic E-state index is -0.227. The van der Waals surface area contributed by atoms with Gasteiger partial charge in [-0.15, -0.1) is 0 Å². The molecule has 1 atom stereocenters. The predicted octanol–water partition coefficient (Wildman–Crippen LogP) is 3.23. The second-order valence-electron chi connectivity index (χ2n) is 4.13. The fourth-order valence-electron chi connectivity index (χ4n) is 1.22. The zero-order chi connectivity index (χ0) is 11.7. The number of ether oxygens (including phenoxy) is 1. The monoisotopic (exact) mass is 230 g/mol. The lowest BCUT2D eigenvalue weighted by atomic mass is 10.0. The van der Waals surface area contributed by atoms with E-state index in [4.69, 9.17) is 4.74 Å². The summed E-state index contributed by atoms with van der Waals surface area (Å²) in [5, 5.41) is 0. The number of esters is 1. The smallest absolute Gasteiger partial charge is 0.315 e. The molecular weight excluding hydrogens is 208 g/mol. The van der Waals surface area contributed by atoms with E-state index in [1.54, 1.807) is 0 Å². The number of hydrogen-bond acceptors (Lipinski definition) is 3. The van der Waals surface area contributed by atoms with E-state index in [0.29, 0.717) is 12.5 Å². The Morgan fingerprint density at radius 3 is 2.60 bits per heavy atom. The SMILES string of the molecule is CC(C)=CCCC(C)CCOC(=O)CS. The Kier molecular flexibility index (Phi) is 8.58. The minimum absolute atomic E-state index is 0.173. The molecule has 2 nitrogen and oxygen atoms in total. The third-order valence-corrected chi connectivity index (χ3v) is 2.47. The van der Waals surface area contributed by atoms with Crippen LogP contribution < -0.4 is 0 Å². The van der Waals surface area contributed by atoms with Crippen molar-refractivity contribution in [1.29, 1.82) is 0 Å². The maximum absolute atomic E-state index is 10.8. The number of carbonyl (C=O) groups is 1. The lowest BCUT2D eigenvalue weighted by molar-refractivity contribution is -0.140. The van der Waals surface area contributed by atoms with Crippen LogP contribution in [0.2, 0.25) is 0 Å². The van der Waals surface area contributed by atoms with Crippen molar-refractivity contribution in [3.63, 3.8) is 0 Å². The van der Waals surface area contributed by atoms with Crippen molar-refractivity contribution in [2.24, 2.45) is 5.92 Å². The van der Waals surface area contributed by atoms with Crippen LogP contribution in [-0.2, 0) is 9.53 Å². The topological polar surface area (TPSA) is 26.3 Å². The molecule has 0 aromatic rings. The van der Waals surface area contributed by atoms with Gasteiger partial charge in [-0.3, -0.25) is 4.79 Å². The average molecular weight is 230 g/mol. The molecule has 0 heterocycles. The molecule has 0 radical (unpaired) electrons. The minimum Gasteiger partial charge on any atom is -0.465 e. The molecule has 0 rings (SSSR count). The number of hydrogen-bond donors (Lipinski definition) is 1. The highest BCUT2D eigenvalue weighted by Gasteiger charge is 2.03. The van der Waals surface area contributed by atoms with E-state index < -0.39 is 0 Å². The first-order chi connectivity index (χ1) is 7.06. The van der Waals surface area contributed by atoms with E-state index in [1.807, 2.05) is 0 Å². The van der Waals surface area contributed by atoms with Crippen LogP contribution in [0.15, 0.2) is 11.6 Å². The molecule has 88 valence electrons. The Bertz CT molecular complexity index is 208. The maximum atomic E-state index is 10.8. The molecule has 0 aromatic heterocycles. The fraction of sp³-hybridized carbons (Fsp3) is 0.750. The Balaban J connectivity index is 3.45. The molecule has 0 amide bonds. The van der Waals surface area contributed by atoms with E-state index in [2.05, 4.69) is 39.5 Å². The van der Waals surface area contributed by atoms with Crippen LogP contribution in [0, 0.1) is 5.92 Å². The van der Waals surface area contributed by atoms with Crippen LogP contribution in [0.3, 0.4) is 0 Å². The van der Waals surface area contributed by atoms with E-state index in [0.717, 1.165) is 19.3 Å². The summed E-state index contributed by atoms with van der Waals surface area (Å²) in [6, 6.07) is 0. The molecule has 0 saturated heterocycles. The molecule has 0 aromatic carbocycles. The van der Waals surface area contributed by atoms with Crippen LogP contribution in [0.4, 0.5) is 0 Å². The summed E-state index contributed by atoms with van der Waals surface area (Å²) in [7, 11) is 0. The first-order valence-electron chi connectivity index (χ1n) is 5.46. The molecular formula is C12H22O2S. The van der Waals surface area contributed by atoms with Gasteiger partial charge in [-0.25, -0.2) is 0 Å². The molecule has 15 heavy (non-hydrogen) atoms. The summed E-state index contributed by atoms with van der Waals surface area (Å²) < 4.78 is 4.96. The fourth-order valence-corrected chi connectivity index (χ4v) is 1.31. The summed E-state index contributed by atoms with van der Waals surface area (Å²) in [5.74, 6) is 0.551. The molecule has 0 spiro atoms. The molecule has 0 saturated carbocycles. The Labute approximate surface area is 98.5 Å². The van der Waals surface area contributed by atoms with Crippen molar-refractivity contribution in [2.75, 3.05) is 12.4 Å². The van der Waals surface area contributed by atoms with Crippen LogP contribution in [0.5, 0.6) is 0 Å². The van der Waals surface area contributed by atoms with Gasteiger partial charge in [-0.1, -0.05) is 18.6 Å². The number of allylic oxidation sites excluding steroid dienone is 2. The first kappa shape index (κ1) is 14.6. The van der Waals surface area contributed by atoms with E-state index in [1.165, 1.54) is 5.57 Å².